The van der Waals surface area contributed by atoms with Gasteiger partial charge in [-0.15, -0.1) is 0 Å². The lowest BCUT2D eigenvalue weighted by Crippen LogP contribution is -2.07. The van der Waals surface area contributed by atoms with Gasteiger partial charge in [0.25, 0.3) is 0 Å². The van der Waals surface area contributed by atoms with Crippen LogP contribution in [0.2, 0.25) is 0 Å². The van der Waals surface area contributed by atoms with Crippen LogP contribution < -0.4 is 5.32 Å². The van der Waals surface area contributed by atoms with E-state index in [9.17, 15) is 4.79 Å². The molecule has 0 aliphatic heterocycles. The summed E-state index contributed by atoms with van der Waals surface area (Å²) in [6.45, 7) is 5.38. The van der Waals surface area contributed by atoms with Crippen LogP contribution in [0, 0.1) is 6.92 Å². The van der Waals surface area contributed by atoms with Gasteiger partial charge < -0.3 is 5.32 Å². The van der Waals surface area contributed by atoms with Crippen molar-refractivity contribution in [3.05, 3.63) is 48.8 Å². The molecule has 0 bridgehead atoms. The predicted octanol–water partition coefficient (Wildman–Crippen LogP) is 2.67. The highest BCUT2D eigenvalue weighted by Crippen LogP contribution is 2.24. The zero-order valence-corrected chi connectivity index (χ0v) is 9.03. The molecule has 3 heteroatoms. The Kier molecular flexibility index (Phi) is 2.68. The summed E-state index contributed by atoms with van der Waals surface area (Å²) in [6, 6.07) is 7.64. The van der Waals surface area contributed by atoms with E-state index in [1.165, 1.54) is 6.08 Å². The number of benzene rings is 1. The van der Waals surface area contributed by atoms with Crippen LogP contribution in [0.3, 0.4) is 0 Å². The number of carbonyl (C=O) groups is 1. The summed E-state index contributed by atoms with van der Waals surface area (Å²) < 4.78 is 0. The molecule has 0 spiro atoms. The molecule has 1 aromatic heterocycles. The third kappa shape index (κ3) is 1.80. The topological polar surface area (TPSA) is 42.0 Å². The minimum atomic E-state index is -0.207. The Hall–Kier alpha value is -2.16. The van der Waals surface area contributed by atoms with E-state index in [0.29, 0.717) is 0 Å². The molecule has 2 aromatic rings. The molecule has 3 nitrogen and oxygen atoms in total. The summed E-state index contributed by atoms with van der Waals surface area (Å²) in [6.07, 6.45) is 2.99. The molecule has 1 amide bonds. The predicted molar refractivity (Wildman–Crippen MR) is 65.3 cm³/mol. The molecule has 1 N–H and O–H groups in total. The number of hydrogen-bond donors (Lipinski definition) is 1. The van der Waals surface area contributed by atoms with E-state index in [2.05, 4.69) is 16.9 Å². The van der Waals surface area contributed by atoms with Crippen molar-refractivity contribution in [2.75, 3.05) is 5.32 Å². The molecular formula is C13H12N2O. The molecule has 1 heterocycles. The number of nitrogens with one attached hydrogen (secondary N) is 1. The number of aromatic nitrogens is 1. The van der Waals surface area contributed by atoms with Crippen LogP contribution in [-0.4, -0.2) is 10.9 Å². The highest BCUT2D eigenvalue weighted by Gasteiger charge is 2.04. The van der Waals surface area contributed by atoms with Crippen molar-refractivity contribution in [3.8, 4) is 0 Å². The van der Waals surface area contributed by atoms with Gasteiger partial charge in [-0.3, -0.25) is 9.78 Å². The molecule has 80 valence electrons. The van der Waals surface area contributed by atoms with Gasteiger partial charge in [0.05, 0.1) is 0 Å². The van der Waals surface area contributed by atoms with Gasteiger partial charge in [-0.2, -0.15) is 0 Å². The maximum absolute atomic E-state index is 11.3. The third-order valence-corrected chi connectivity index (χ3v) is 2.45. The lowest BCUT2D eigenvalue weighted by Gasteiger charge is -2.07. The normalized spacial score (nSPS) is 10.1. The van der Waals surface area contributed by atoms with E-state index >= 15 is 0 Å². The molecule has 16 heavy (non-hydrogen) atoms. The standard InChI is InChI=1S/C13H12N2O/c1-3-13(16)15-12-6-4-5-10-9(2)14-8-7-11(10)12/h3-8H,1H2,2H3,(H,15,16). The summed E-state index contributed by atoms with van der Waals surface area (Å²) in [5, 5.41) is 4.81. The summed E-state index contributed by atoms with van der Waals surface area (Å²) in [4.78, 5) is 15.5. The van der Waals surface area contributed by atoms with Crippen LogP contribution in [-0.2, 0) is 4.79 Å². The van der Waals surface area contributed by atoms with Crippen molar-refractivity contribution in [2.24, 2.45) is 0 Å². The van der Waals surface area contributed by atoms with E-state index in [-0.39, 0.29) is 5.91 Å². The number of nitrogens with zero attached hydrogens (tertiary/aromatic N) is 1. The Bertz CT molecular complexity index is 561. The number of carbonyl (C=O) groups excluding carboxylic acids is 1. The van der Waals surface area contributed by atoms with Crippen LogP contribution in [0.5, 0.6) is 0 Å². The first-order chi connectivity index (χ1) is 7.72. The number of amides is 1. The van der Waals surface area contributed by atoms with E-state index in [1.54, 1.807) is 6.20 Å². The molecule has 0 unspecified atom stereocenters. The molecule has 0 aliphatic rings. The van der Waals surface area contributed by atoms with Crippen molar-refractivity contribution in [1.82, 2.24) is 4.98 Å². The van der Waals surface area contributed by atoms with Gasteiger partial charge in [-0.25, -0.2) is 0 Å². The first-order valence-electron chi connectivity index (χ1n) is 5.00. The lowest BCUT2D eigenvalue weighted by atomic mass is 10.1. The van der Waals surface area contributed by atoms with Gasteiger partial charge in [-0.1, -0.05) is 18.7 Å². The molecular weight excluding hydrogens is 200 g/mol. The van der Waals surface area contributed by atoms with Crippen molar-refractivity contribution in [2.45, 2.75) is 6.92 Å². The van der Waals surface area contributed by atoms with E-state index in [0.717, 1.165) is 22.2 Å². The van der Waals surface area contributed by atoms with Gasteiger partial charge >= 0.3 is 0 Å². The molecule has 1 aromatic carbocycles. The molecule has 0 radical (unpaired) electrons. The third-order valence-electron chi connectivity index (χ3n) is 2.45. The number of rotatable bonds is 2. The van der Waals surface area contributed by atoms with Crippen LogP contribution in [0.4, 0.5) is 5.69 Å². The number of pyridine rings is 1. The Labute approximate surface area is 93.8 Å². The molecule has 0 aliphatic carbocycles. The quantitative estimate of drug-likeness (QED) is 0.777. The fourth-order valence-electron chi connectivity index (χ4n) is 1.65. The lowest BCUT2D eigenvalue weighted by molar-refractivity contribution is -0.111. The van der Waals surface area contributed by atoms with Gasteiger partial charge in [-0.05, 0) is 25.1 Å². The number of fused-ring (bicyclic) bond motifs is 1. The highest BCUT2D eigenvalue weighted by atomic mass is 16.1. The average molecular weight is 212 g/mol. The van der Waals surface area contributed by atoms with Crippen LogP contribution in [0.1, 0.15) is 5.69 Å². The van der Waals surface area contributed by atoms with Crippen molar-refractivity contribution >= 4 is 22.4 Å². The maximum Gasteiger partial charge on any atom is 0.247 e. The van der Waals surface area contributed by atoms with Crippen LogP contribution in [0.25, 0.3) is 10.8 Å². The maximum atomic E-state index is 11.3. The summed E-state index contributed by atoms with van der Waals surface area (Å²) in [7, 11) is 0. The summed E-state index contributed by atoms with van der Waals surface area (Å²) >= 11 is 0. The molecule has 2 rings (SSSR count). The average Bonchev–Trinajstić information content (AvgIpc) is 2.30. The SMILES string of the molecule is C=CC(=O)Nc1cccc2c(C)nccc12. The van der Waals surface area contributed by atoms with Crippen LogP contribution >= 0.6 is 0 Å². The smallest absolute Gasteiger partial charge is 0.247 e. The largest absolute Gasteiger partial charge is 0.322 e. The second-order valence-electron chi connectivity index (χ2n) is 3.49. The molecule has 0 saturated carbocycles. The summed E-state index contributed by atoms with van der Waals surface area (Å²) in [5.74, 6) is -0.207. The zero-order chi connectivity index (χ0) is 11.5. The Morgan fingerprint density at radius 2 is 2.19 bits per heavy atom. The monoisotopic (exact) mass is 212 g/mol. The van der Waals surface area contributed by atoms with Gasteiger partial charge in [0, 0.05) is 28.4 Å². The Morgan fingerprint density at radius 3 is 2.94 bits per heavy atom. The van der Waals surface area contributed by atoms with Crippen molar-refractivity contribution < 1.29 is 4.79 Å². The second-order valence-corrected chi connectivity index (χ2v) is 3.49. The molecule has 0 atom stereocenters. The molecule has 0 saturated heterocycles. The number of hydrogen-bond acceptors (Lipinski definition) is 2. The zero-order valence-electron chi connectivity index (χ0n) is 9.03. The van der Waals surface area contributed by atoms with Crippen molar-refractivity contribution in [1.29, 1.82) is 0 Å². The molecule has 0 fully saturated rings. The summed E-state index contributed by atoms with van der Waals surface area (Å²) in [5.41, 5.74) is 1.74. The Morgan fingerprint density at radius 1 is 1.38 bits per heavy atom. The minimum Gasteiger partial charge on any atom is -0.322 e. The van der Waals surface area contributed by atoms with Gasteiger partial charge in [0.2, 0.25) is 5.91 Å². The van der Waals surface area contributed by atoms with Gasteiger partial charge in [0.1, 0.15) is 0 Å². The fourth-order valence-corrected chi connectivity index (χ4v) is 1.65. The van der Waals surface area contributed by atoms with Crippen LogP contribution in [0.15, 0.2) is 43.1 Å². The number of aryl methyl sites for hydroxylation is 1. The number of anilines is 1. The van der Waals surface area contributed by atoms with E-state index in [4.69, 9.17) is 0 Å². The van der Waals surface area contributed by atoms with Gasteiger partial charge in [0.15, 0.2) is 0 Å². The fraction of sp³-hybridized carbons (Fsp3) is 0.0769. The Balaban J connectivity index is 2.58. The first kappa shape index (κ1) is 10.4. The first-order valence-corrected chi connectivity index (χ1v) is 5.00. The second kappa shape index (κ2) is 4.14. The van der Waals surface area contributed by atoms with E-state index in [1.807, 2.05) is 31.2 Å². The van der Waals surface area contributed by atoms with E-state index < -0.39 is 0 Å². The highest BCUT2D eigenvalue weighted by molar-refractivity contribution is 6.06. The van der Waals surface area contributed by atoms with Crippen molar-refractivity contribution in [3.63, 3.8) is 0 Å². The minimum absolute atomic E-state index is 0.207.